The molecule has 16 heteroatoms. The Morgan fingerprint density at radius 1 is 0.517 bits per heavy atom. The van der Waals surface area contributed by atoms with Gasteiger partial charge in [-0.15, -0.1) is 0 Å². The fourth-order valence-corrected chi connectivity index (χ4v) is 16.9. The summed E-state index contributed by atoms with van der Waals surface area (Å²) < 4.78 is 33.1. The molecule has 87 heavy (non-hydrogen) atoms. The number of cyclic esters (lactones) is 3. The molecule has 3 aliphatic rings. The molecule has 0 radical (unpaired) electrons. The Balaban J connectivity index is 0.000000186. The molecule has 3 aliphatic heterocycles. The molecule has 0 unspecified atom stereocenters. The molecule has 0 amide bonds. The summed E-state index contributed by atoms with van der Waals surface area (Å²) in [5.41, 5.74) is 8.49. The summed E-state index contributed by atoms with van der Waals surface area (Å²) in [4.78, 5) is 36.0. The summed E-state index contributed by atoms with van der Waals surface area (Å²) in [5, 5.41) is 36.7. The van der Waals surface area contributed by atoms with Crippen molar-refractivity contribution in [2.45, 2.75) is 172 Å². The van der Waals surface area contributed by atoms with Crippen LogP contribution >= 0.6 is 6.89 Å². The predicted octanol–water partition coefficient (Wildman–Crippen LogP) is 15.9. The van der Waals surface area contributed by atoms with Gasteiger partial charge in [-0.05, 0) is 119 Å². The number of ether oxygens (including phenoxy) is 6. The van der Waals surface area contributed by atoms with Gasteiger partial charge in [0.1, 0.15) is 71.0 Å². The van der Waals surface area contributed by atoms with Crippen molar-refractivity contribution >= 4 is 70.2 Å². The smallest absolute Gasteiger partial charge is 0.342 e. The molecular formula is C71H95O12PSi3. The summed E-state index contributed by atoms with van der Waals surface area (Å²) in [7, 11) is -3.65. The van der Waals surface area contributed by atoms with Gasteiger partial charge in [0.05, 0.1) is 19.8 Å². The zero-order valence-electron chi connectivity index (χ0n) is 54.8. The van der Waals surface area contributed by atoms with E-state index in [-0.39, 0.29) is 55.0 Å². The van der Waals surface area contributed by atoms with E-state index < -0.39 is 31.1 Å². The van der Waals surface area contributed by atoms with E-state index in [0.717, 1.165) is 57.9 Å². The highest BCUT2D eigenvalue weighted by Crippen LogP contribution is 2.47. The highest BCUT2D eigenvalue weighted by atomic mass is 31.2. The van der Waals surface area contributed by atoms with Gasteiger partial charge in [-0.1, -0.05) is 180 Å². The Morgan fingerprint density at radius 2 is 0.874 bits per heavy atom. The van der Waals surface area contributed by atoms with Gasteiger partial charge in [-0.25, -0.2) is 14.4 Å². The van der Waals surface area contributed by atoms with Crippen LogP contribution in [0.5, 0.6) is 34.5 Å². The van der Waals surface area contributed by atoms with Crippen molar-refractivity contribution in [2.24, 2.45) is 0 Å². The molecule has 0 saturated carbocycles. The molecule has 0 aromatic heterocycles. The Bertz CT molecular complexity index is 3390. The maximum atomic E-state index is 12.2. The zero-order valence-corrected chi connectivity index (χ0v) is 58.7. The van der Waals surface area contributed by atoms with E-state index in [0.29, 0.717) is 83.3 Å². The minimum atomic E-state index is -1.71. The third kappa shape index (κ3) is 17.3. The summed E-state index contributed by atoms with van der Waals surface area (Å²) >= 11 is 0. The van der Waals surface area contributed by atoms with E-state index in [4.69, 9.17) is 28.4 Å². The molecule has 0 fully saturated rings. The maximum absolute atomic E-state index is 12.2. The lowest BCUT2D eigenvalue weighted by Gasteiger charge is -2.30. The topological polar surface area (TPSA) is 167 Å². The molecule has 3 N–H and O–H groups in total. The largest absolute Gasteiger partial charge is 0.508 e. The van der Waals surface area contributed by atoms with E-state index in [1.165, 1.54) is 27.3 Å². The summed E-state index contributed by atoms with van der Waals surface area (Å²) in [6, 6.07) is 37.4. The minimum absolute atomic E-state index is 0.153. The second-order valence-electron chi connectivity index (χ2n) is 26.7. The molecule has 0 spiro atoms. The van der Waals surface area contributed by atoms with Gasteiger partial charge >= 0.3 is 17.9 Å². The maximum Gasteiger partial charge on any atom is 0.342 e. The average molecular weight is 1260 g/mol. The molecule has 468 valence electrons. The Kier molecular flexibility index (Phi) is 23.9. The second-order valence-corrected chi connectivity index (χ2v) is 47.4. The van der Waals surface area contributed by atoms with Crippen LogP contribution in [0.4, 0.5) is 0 Å². The third-order valence-electron chi connectivity index (χ3n) is 15.7. The molecule has 6 aromatic carbocycles. The lowest BCUT2D eigenvalue weighted by atomic mass is 9.95. The number of hydrogen-bond donors (Lipinski definition) is 3. The lowest BCUT2D eigenvalue weighted by molar-refractivity contribution is 0.0522. The van der Waals surface area contributed by atoms with Crippen molar-refractivity contribution in [3.05, 3.63) is 170 Å². The number of fused-ring (bicyclic) bond motifs is 3. The number of hydrogen-bond acceptors (Lipinski definition) is 12. The fourth-order valence-electron chi connectivity index (χ4n) is 10.5. The molecule has 0 aliphatic carbocycles. The number of carbonyl (C=O) groups excluding carboxylic acids is 3. The Hall–Kier alpha value is -6.78. The van der Waals surface area contributed by atoms with Crippen LogP contribution < -0.4 is 30.1 Å². The first-order chi connectivity index (χ1) is 40.9. The van der Waals surface area contributed by atoms with Crippen LogP contribution in [0.2, 0.25) is 77.1 Å². The van der Waals surface area contributed by atoms with Crippen molar-refractivity contribution in [1.82, 2.24) is 0 Å². The van der Waals surface area contributed by atoms with Crippen LogP contribution in [-0.4, -0.2) is 82.6 Å². The van der Waals surface area contributed by atoms with Gasteiger partial charge < -0.3 is 43.7 Å². The first-order valence-electron chi connectivity index (χ1n) is 30.4. The van der Waals surface area contributed by atoms with Crippen molar-refractivity contribution in [2.75, 3.05) is 19.8 Å². The molecular weight excluding hydrogens is 1160 g/mol. The number of phenols is 3. The quantitative estimate of drug-likeness (QED) is 0.0231. The predicted molar refractivity (Wildman–Crippen MR) is 365 cm³/mol. The third-order valence-corrected chi connectivity index (χ3v) is 25.4. The second kappa shape index (κ2) is 29.9. The van der Waals surface area contributed by atoms with Crippen molar-refractivity contribution in [3.63, 3.8) is 0 Å². The highest BCUT2D eigenvalue weighted by Gasteiger charge is 2.35. The van der Waals surface area contributed by atoms with Gasteiger partial charge in [0.2, 0.25) is 0 Å². The molecule has 0 bridgehead atoms. The SMILES string of the molecule is CC(C)=CCc1c(O)c(C)c2c(c1OCC[Si](C)(C)C)C(=O)OC2.CC(C)=P(c1ccccc1)(c1ccccc1)c1ccccc1.CCCc1c(O)c(C)c2c(c1OCC[Si](C)(C)C)C(=O)OC2.Cc1c(O)cc(OCC[Si](C)(C)C)c2c1COC2=O. The van der Waals surface area contributed by atoms with Crippen LogP contribution in [0.25, 0.3) is 0 Å². The minimum Gasteiger partial charge on any atom is -0.508 e. The van der Waals surface area contributed by atoms with Crippen LogP contribution in [0, 0.1) is 20.8 Å². The molecule has 12 nitrogen and oxygen atoms in total. The lowest BCUT2D eigenvalue weighted by Crippen LogP contribution is -2.28. The number of aromatic hydroxyl groups is 3. The van der Waals surface area contributed by atoms with Gasteiger partial charge in [0, 0.05) is 58.1 Å². The number of allylic oxidation sites excluding steroid dienone is 2. The van der Waals surface area contributed by atoms with Crippen LogP contribution in [-0.2, 0) is 46.9 Å². The number of phenolic OH excluding ortho intramolecular Hbond substituents is 3. The van der Waals surface area contributed by atoms with Gasteiger partial charge in [0.15, 0.2) is 0 Å². The van der Waals surface area contributed by atoms with E-state index in [9.17, 15) is 29.7 Å². The normalized spacial score (nSPS) is 13.2. The van der Waals surface area contributed by atoms with Crippen LogP contribution in [0.1, 0.15) is 117 Å². The molecule has 9 rings (SSSR count). The monoisotopic (exact) mass is 1250 g/mol. The number of benzene rings is 6. The number of rotatable bonds is 19. The number of carbonyl (C=O) groups is 3. The zero-order chi connectivity index (χ0) is 64.2. The summed E-state index contributed by atoms with van der Waals surface area (Å²) in [6.07, 6.45) is 4.14. The average Bonchev–Trinajstić information content (AvgIpc) is 1.38. The summed E-state index contributed by atoms with van der Waals surface area (Å²) in [6.45, 7) is 37.2. The van der Waals surface area contributed by atoms with Crippen molar-refractivity contribution in [3.8, 4) is 34.5 Å². The highest BCUT2D eigenvalue weighted by molar-refractivity contribution is 7.95. The first kappa shape index (κ1) is 69.3. The van der Waals surface area contributed by atoms with Gasteiger partial charge in [-0.3, -0.25) is 0 Å². The van der Waals surface area contributed by atoms with Gasteiger partial charge in [-0.2, -0.15) is 0 Å². The van der Waals surface area contributed by atoms with Crippen molar-refractivity contribution in [1.29, 1.82) is 0 Å². The fraction of sp³-hybridized carbons (Fsp3) is 0.408. The molecule has 0 atom stereocenters. The first-order valence-corrected chi connectivity index (χ1v) is 43.3. The molecule has 0 saturated heterocycles. The van der Waals surface area contributed by atoms with E-state index in [1.54, 1.807) is 6.92 Å². The Labute approximate surface area is 521 Å². The molecule has 3 heterocycles. The van der Waals surface area contributed by atoms with Crippen LogP contribution in [0.15, 0.2) is 109 Å². The van der Waals surface area contributed by atoms with Crippen LogP contribution in [0.3, 0.4) is 0 Å². The number of esters is 3. The van der Waals surface area contributed by atoms with E-state index >= 15 is 0 Å². The standard InChI is InChI=1S/C21H21P.C19H28O4Si.C17H26O4Si.C14H20O4Si/c1-18(2)22(19-12-6-3-7-13-19,20-14-8-4-9-15-20)21-16-10-5-11-17-21;1-12(2)7-8-14-17(20)13(3)15-11-23-19(21)16(15)18(14)22-9-10-24(4,5)6;1-6-7-12-15(18)11(2)13-10-21-17(19)14(13)16(12)20-8-9-22(3,4)5;1-9-10-8-18-14(16)13(10)12(7-11(9)15)17-5-6-19(2,3)4/h3-17H,1-2H3;7,20H,8-11H2,1-6H3;18H,6-10H2,1-5H3;7,15H,5-6,8H2,1-4H3. The van der Waals surface area contributed by atoms with E-state index in [2.05, 4.69) is 164 Å². The Morgan fingerprint density at radius 3 is 1.24 bits per heavy atom. The van der Waals surface area contributed by atoms with Gasteiger partial charge in [0.25, 0.3) is 0 Å². The van der Waals surface area contributed by atoms with E-state index in [1.807, 2.05) is 40.7 Å². The summed E-state index contributed by atoms with van der Waals surface area (Å²) in [5.74, 6) is 1.06. The molecule has 6 aromatic rings. The van der Waals surface area contributed by atoms with Crippen molar-refractivity contribution < 1.29 is 58.1 Å².